The number of nitrogens with zero attached hydrogens (tertiary/aromatic N) is 6. The number of hydrogen-bond donors (Lipinski definition) is 1. The summed E-state index contributed by atoms with van der Waals surface area (Å²) in [7, 11) is 0. The van der Waals surface area contributed by atoms with Crippen LogP contribution < -0.4 is 5.32 Å². The zero-order valence-corrected chi connectivity index (χ0v) is 34.2. The SMILES string of the molecule is CC(=O)c1nn(CC(=O)N2[C@H](C(=O)Nc3nc(Br)ccc3C)C[C@@]3(C4CCCC4CC4CCC(C(C)C)CC4)C4C[C@@]423)c2ccc(-c3cnc(C)nc3)cc12. The molecule has 4 aromatic rings. The number of halogens is 1. The number of likely N-dealkylation sites (tertiary alicyclic amines) is 1. The summed E-state index contributed by atoms with van der Waals surface area (Å²) in [6, 6.07) is 9.01. The first-order chi connectivity index (χ1) is 26.4. The number of benzene rings is 1. The molecule has 288 valence electrons. The lowest BCUT2D eigenvalue weighted by Crippen LogP contribution is -2.48. The molecule has 6 atom stereocenters. The van der Waals surface area contributed by atoms with Crippen LogP contribution in [0.2, 0.25) is 0 Å². The minimum absolute atomic E-state index is 0.0115. The normalized spacial score (nSPS) is 30.7. The van der Waals surface area contributed by atoms with Crippen molar-refractivity contribution in [3.05, 3.63) is 64.4 Å². The second-order valence-electron chi connectivity index (χ2n) is 17.9. The molecule has 1 spiro atoms. The molecular weight excluding hydrogens is 754 g/mol. The molecule has 55 heavy (non-hydrogen) atoms. The van der Waals surface area contributed by atoms with Crippen LogP contribution in [-0.2, 0) is 16.1 Å². The van der Waals surface area contributed by atoms with Gasteiger partial charge in [-0.25, -0.2) is 15.0 Å². The van der Waals surface area contributed by atoms with Crippen LogP contribution in [0.5, 0.6) is 0 Å². The lowest BCUT2D eigenvalue weighted by Gasteiger charge is -2.37. The molecule has 1 aromatic carbocycles. The molecule has 3 unspecified atom stereocenters. The Morgan fingerprint density at radius 2 is 1.73 bits per heavy atom. The lowest BCUT2D eigenvalue weighted by molar-refractivity contribution is -0.139. The van der Waals surface area contributed by atoms with E-state index in [0.29, 0.717) is 57.0 Å². The van der Waals surface area contributed by atoms with Crippen molar-refractivity contribution in [2.45, 2.75) is 117 Å². The molecule has 1 saturated heterocycles. The summed E-state index contributed by atoms with van der Waals surface area (Å²) in [5.74, 6) is 4.78. The van der Waals surface area contributed by atoms with Gasteiger partial charge in [-0.3, -0.25) is 19.1 Å². The Balaban J connectivity index is 1.02. The number of amides is 2. The van der Waals surface area contributed by atoms with Gasteiger partial charge in [0.25, 0.3) is 0 Å². The molecule has 1 N–H and O–H groups in total. The lowest BCUT2D eigenvalue weighted by atomic mass is 9.67. The maximum Gasteiger partial charge on any atom is 0.248 e. The zero-order chi connectivity index (χ0) is 38.4. The standard InChI is InChI=1S/C44H52BrN7O3/c1-24(2)29-12-10-28(11-13-29)17-31-7-6-8-34(31)43-19-36(42(55)49-41-25(3)9-16-38(45)48-41)52(44(43)20-37(43)44)39(54)23-51-35-15-14-30(32-21-46-27(5)47-22-32)18-33(35)40(50-51)26(4)53/h9,14-16,18,21-22,24,28-29,31,34,36-37H,6-8,10-13,17,19-20,23H2,1-5H3,(H,48,49,55)/t28?,29?,31?,34?,36-,37?,43+,44-/m0/s1. The number of Topliss-reactive ketones (excluding diaryl/α,β-unsaturated/α-hetero) is 1. The van der Waals surface area contributed by atoms with E-state index in [1.165, 1.54) is 58.3 Å². The van der Waals surface area contributed by atoms with Gasteiger partial charge in [0.1, 0.15) is 34.5 Å². The van der Waals surface area contributed by atoms with Gasteiger partial charge in [0.15, 0.2) is 5.78 Å². The van der Waals surface area contributed by atoms with Crippen molar-refractivity contribution in [2.75, 3.05) is 5.32 Å². The largest absolute Gasteiger partial charge is 0.322 e. The molecule has 1 aliphatic heterocycles. The van der Waals surface area contributed by atoms with E-state index >= 15 is 0 Å². The fourth-order valence-corrected chi connectivity index (χ4v) is 12.2. The number of aromatic nitrogens is 5. The third-order valence-corrected chi connectivity index (χ3v) is 15.1. The van der Waals surface area contributed by atoms with Gasteiger partial charge >= 0.3 is 0 Å². The number of carbonyl (C=O) groups is 3. The first kappa shape index (κ1) is 36.6. The molecule has 5 fully saturated rings. The van der Waals surface area contributed by atoms with Crippen molar-refractivity contribution in [1.29, 1.82) is 0 Å². The number of pyridine rings is 1. The highest BCUT2D eigenvalue weighted by Gasteiger charge is 2.97. The first-order valence-electron chi connectivity index (χ1n) is 20.5. The van der Waals surface area contributed by atoms with Crippen LogP contribution in [0.4, 0.5) is 5.82 Å². The smallest absolute Gasteiger partial charge is 0.248 e. The van der Waals surface area contributed by atoms with Gasteiger partial charge in [0.2, 0.25) is 11.8 Å². The Morgan fingerprint density at radius 1 is 0.964 bits per heavy atom. The van der Waals surface area contributed by atoms with Crippen LogP contribution in [0.15, 0.2) is 47.3 Å². The Hall–Kier alpha value is -3.99. The van der Waals surface area contributed by atoms with Crippen molar-refractivity contribution < 1.29 is 14.4 Å². The number of ketones is 1. The Morgan fingerprint density at radius 3 is 2.44 bits per heavy atom. The van der Waals surface area contributed by atoms with Crippen LogP contribution in [0, 0.1) is 54.8 Å². The van der Waals surface area contributed by atoms with Crippen molar-refractivity contribution in [1.82, 2.24) is 29.6 Å². The number of rotatable bonds is 10. The zero-order valence-electron chi connectivity index (χ0n) is 32.6. The van der Waals surface area contributed by atoms with E-state index in [0.717, 1.165) is 40.9 Å². The monoisotopic (exact) mass is 805 g/mol. The fourth-order valence-electron chi connectivity index (χ4n) is 11.9. The minimum Gasteiger partial charge on any atom is -0.322 e. The predicted octanol–water partition coefficient (Wildman–Crippen LogP) is 8.74. The average molecular weight is 807 g/mol. The summed E-state index contributed by atoms with van der Waals surface area (Å²) in [5.41, 5.74) is 3.32. The maximum absolute atomic E-state index is 14.9. The molecule has 4 saturated carbocycles. The van der Waals surface area contributed by atoms with Gasteiger partial charge in [-0.05, 0) is 133 Å². The van der Waals surface area contributed by atoms with Crippen molar-refractivity contribution in [3.8, 4) is 11.1 Å². The molecule has 5 aliphatic rings. The molecule has 10 nitrogen and oxygen atoms in total. The van der Waals surface area contributed by atoms with Gasteiger partial charge in [0, 0.05) is 35.7 Å². The van der Waals surface area contributed by atoms with Crippen LogP contribution in [-0.4, -0.2) is 58.8 Å². The van der Waals surface area contributed by atoms with Crippen LogP contribution in [0.25, 0.3) is 22.0 Å². The van der Waals surface area contributed by atoms with E-state index < -0.39 is 6.04 Å². The van der Waals surface area contributed by atoms with E-state index in [1.807, 2.05) is 49.1 Å². The Bertz CT molecular complexity index is 2190. The van der Waals surface area contributed by atoms with Gasteiger partial charge < -0.3 is 10.2 Å². The highest BCUT2D eigenvalue weighted by Crippen LogP contribution is 2.92. The summed E-state index contributed by atoms with van der Waals surface area (Å²) in [5, 5.41) is 8.57. The van der Waals surface area contributed by atoms with Gasteiger partial charge in [-0.2, -0.15) is 5.10 Å². The minimum atomic E-state index is -0.601. The third kappa shape index (κ3) is 5.97. The quantitative estimate of drug-likeness (QED) is 0.126. The third-order valence-electron chi connectivity index (χ3n) is 14.7. The molecule has 9 rings (SSSR count). The summed E-state index contributed by atoms with van der Waals surface area (Å²) >= 11 is 3.47. The summed E-state index contributed by atoms with van der Waals surface area (Å²) in [6.07, 6.45) is 15.5. The molecule has 3 aromatic heterocycles. The van der Waals surface area contributed by atoms with E-state index in [9.17, 15) is 14.4 Å². The number of carbonyl (C=O) groups excluding carboxylic acids is 3. The highest BCUT2D eigenvalue weighted by atomic mass is 79.9. The predicted molar refractivity (Wildman–Crippen MR) is 215 cm³/mol. The average Bonchev–Trinajstić information content (AvgIpc) is 3.81. The van der Waals surface area contributed by atoms with Gasteiger partial charge in [-0.1, -0.05) is 51.7 Å². The van der Waals surface area contributed by atoms with Crippen molar-refractivity contribution in [2.24, 2.45) is 40.9 Å². The number of aryl methyl sites for hydroxylation is 2. The summed E-state index contributed by atoms with van der Waals surface area (Å²) in [4.78, 5) is 57.6. The number of nitrogens with one attached hydrogen (secondary N) is 1. The second kappa shape index (κ2) is 13.6. The van der Waals surface area contributed by atoms with Crippen molar-refractivity contribution in [3.63, 3.8) is 0 Å². The Kier molecular flexibility index (Phi) is 9.05. The summed E-state index contributed by atoms with van der Waals surface area (Å²) < 4.78 is 2.31. The molecule has 4 heterocycles. The fraction of sp³-hybridized carbons (Fsp3) is 0.568. The molecule has 2 amide bonds. The second-order valence-corrected chi connectivity index (χ2v) is 18.7. The van der Waals surface area contributed by atoms with E-state index in [-0.39, 0.29) is 35.1 Å². The van der Waals surface area contributed by atoms with Crippen molar-refractivity contribution >= 4 is 50.2 Å². The number of fused-ring (bicyclic) bond motifs is 2. The van der Waals surface area contributed by atoms with E-state index in [4.69, 9.17) is 5.10 Å². The molecule has 11 heteroatoms. The van der Waals surface area contributed by atoms with Crippen LogP contribution >= 0.6 is 15.9 Å². The molecule has 4 aliphatic carbocycles. The number of piperidine rings is 1. The van der Waals surface area contributed by atoms with Crippen LogP contribution in [0.1, 0.15) is 107 Å². The van der Waals surface area contributed by atoms with E-state index in [1.54, 1.807) is 17.1 Å². The van der Waals surface area contributed by atoms with Gasteiger partial charge in [-0.15, -0.1) is 0 Å². The Labute approximate surface area is 331 Å². The number of anilines is 1. The molecular formula is C44H52BrN7O3. The van der Waals surface area contributed by atoms with Gasteiger partial charge in [0.05, 0.1) is 11.1 Å². The van der Waals surface area contributed by atoms with Crippen LogP contribution in [0.3, 0.4) is 0 Å². The highest BCUT2D eigenvalue weighted by molar-refractivity contribution is 9.10. The summed E-state index contributed by atoms with van der Waals surface area (Å²) in [6.45, 7) is 9.99. The topological polar surface area (TPSA) is 123 Å². The molecule has 0 bridgehead atoms. The molecule has 0 radical (unpaired) electrons. The maximum atomic E-state index is 14.9. The number of hydrogen-bond acceptors (Lipinski definition) is 7. The first-order valence-corrected chi connectivity index (χ1v) is 21.3. The van der Waals surface area contributed by atoms with E-state index in [2.05, 4.69) is 50.0 Å².